The van der Waals surface area contributed by atoms with E-state index in [1.807, 2.05) is 48.8 Å². The van der Waals surface area contributed by atoms with E-state index in [0.717, 1.165) is 35.5 Å². The number of aromatic carboxylic acids is 1. The van der Waals surface area contributed by atoms with Crippen LogP contribution in [-0.4, -0.2) is 20.6 Å². The van der Waals surface area contributed by atoms with Gasteiger partial charge in [-0.05, 0) is 22.8 Å². The first kappa shape index (κ1) is 15.0. The van der Waals surface area contributed by atoms with Crippen LogP contribution < -0.4 is 0 Å². The van der Waals surface area contributed by atoms with Crippen molar-refractivity contribution in [3.63, 3.8) is 0 Å². The van der Waals surface area contributed by atoms with Crippen LogP contribution in [0.4, 0.5) is 0 Å². The molecule has 0 saturated heterocycles. The Hall–Kier alpha value is -2.88. The van der Waals surface area contributed by atoms with Gasteiger partial charge in [-0.25, -0.2) is 9.78 Å². The second-order valence-corrected chi connectivity index (χ2v) is 5.37. The van der Waals surface area contributed by atoms with Gasteiger partial charge in [0.05, 0.1) is 5.56 Å². The Balaban J connectivity index is 1.87. The van der Waals surface area contributed by atoms with Gasteiger partial charge >= 0.3 is 5.97 Å². The summed E-state index contributed by atoms with van der Waals surface area (Å²) in [5, 5.41) is 9.30. The molecule has 0 fully saturated rings. The molecule has 1 heterocycles. The van der Waals surface area contributed by atoms with Crippen LogP contribution in [0, 0.1) is 0 Å². The number of hydrogen-bond acceptors (Lipinski definition) is 2. The Morgan fingerprint density at radius 2 is 1.87 bits per heavy atom. The third kappa shape index (κ3) is 3.16. The van der Waals surface area contributed by atoms with E-state index in [0.29, 0.717) is 5.56 Å². The third-order valence-corrected chi connectivity index (χ3v) is 3.89. The molecule has 1 N–H and O–H groups in total. The van der Waals surface area contributed by atoms with Gasteiger partial charge in [0.2, 0.25) is 0 Å². The van der Waals surface area contributed by atoms with Crippen LogP contribution in [-0.2, 0) is 13.0 Å². The Morgan fingerprint density at radius 3 is 2.57 bits per heavy atom. The Labute approximate surface area is 135 Å². The predicted molar refractivity (Wildman–Crippen MR) is 89.5 cm³/mol. The van der Waals surface area contributed by atoms with E-state index in [4.69, 9.17) is 0 Å². The third-order valence-electron chi connectivity index (χ3n) is 3.89. The fourth-order valence-corrected chi connectivity index (χ4v) is 2.71. The van der Waals surface area contributed by atoms with E-state index in [9.17, 15) is 9.90 Å². The number of aromatic nitrogens is 2. The summed E-state index contributed by atoms with van der Waals surface area (Å²) < 4.78 is 2.13. The fraction of sp³-hybridized carbons (Fsp3) is 0.158. The number of carbonyl (C=O) groups is 1. The highest BCUT2D eigenvalue weighted by molar-refractivity contribution is 5.95. The standard InChI is InChI=1S/C19H18N2O2/c1-2-18-20-11-12-21(18)13-14-7-9-15(10-8-14)16-5-3-4-6-17(16)19(22)23/h3-12H,2,13H2,1H3,(H,22,23). The van der Waals surface area contributed by atoms with Crippen molar-refractivity contribution < 1.29 is 9.90 Å². The lowest BCUT2D eigenvalue weighted by Gasteiger charge is -2.09. The molecule has 0 spiro atoms. The molecule has 23 heavy (non-hydrogen) atoms. The summed E-state index contributed by atoms with van der Waals surface area (Å²) in [4.78, 5) is 15.7. The van der Waals surface area contributed by atoms with Crippen molar-refractivity contribution in [1.82, 2.24) is 9.55 Å². The van der Waals surface area contributed by atoms with Crippen molar-refractivity contribution in [2.45, 2.75) is 19.9 Å². The van der Waals surface area contributed by atoms with E-state index in [-0.39, 0.29) is 0 Å². The van der Waals surface area contributed by atoms with Gasteiger partial charge in [0, 0.05) is 25.4 Å². The predicted octanol–water partition coefficient (Wildman–Crippen LogP) is 3.86. The first-order chi connectivity index (χ1) is 11.2. The van der Waals surface area contributed by atoms with Gasteiger partial charge in [-0.1, -0.05) is 49.4 Å². The van der Waals surface area contributed by atoms with Gasteiger partial charge in [0.15, 0.2) is 0 Å². The van der Waals surface area contributed by atoms with Gasteiger partial charge in [-0.3, -0.25) is 0 Å². The molecule has 0 bridgehead atoms. The van der Waals surface area contributed by atoms with E-state index in [1.165, 1.54) is 0 Å². The van der Waals surface area contributed by atoms with E-state index in [2.05, 4.69) is 16.5 Å². The SMILES string of the molecule is CCc1nccn1Cc1ccc(-c2ccccc2C(=O)O)cc1. The normalized spacial score (nSPS) is 10.7. The molecule has 0 unspecified atom stereocenters. The summed E-state index contributed by atoms with van der Waals surface area (Å²) in [6.07, 6.45) is 4.69. The number of imidazole rings is 1. The van der Waals surface area contributed by atoms with Crippen LogP contribution >= 0.6 is 0 Å². The van der Waals surface area contributed by atoms with Crippen LogP contribution in [0.5, 0.6) is 0 Å². The average Bonchev–Trinajstić information content (AvgIpc) is 3.02. The number of carboxylic acids is 1. The average molecular weight is 306 g/mol. The molecule has 0 amide bonds. The highest BCUT2D eigenvalue weighted by Gasteiger charge is 2.10. The minimum atomic E-state index is -0.907. The summed E-state index contributed by atoms with van der Waals surface area (Å²) in [5.41, 5.74) is 3.13. The second-order valence-electron chi connectivity index (χ2n) is 5.37. The number of carboxylic acid groups (broad SMARTS) is 1. The van der Waals surface area contributed by atoms with Crippen molar-refractivity contribution in [3.05, 3.63) is 77.9 Å². The van der Waals surface area contributed by atoms with Crippen LogP contribution in [0.2, 0.25) is 0 Å². The van der Waals surface area contributed by atoms with Crippen molar-refractivity contribution in [1.29, 1.82) is 0 Å². The Kier molecular flexibility index (Phi) is 4.24. The highest BCUT2D eigenvalue weighted by Crippen LogP contribution is 2.24. The quantitative estimate of drug-likeness (QED) is 0.778. The number of aryl methyl sites for hydroxylation is 1. The number of hydrogen-bond donors (Lipinski definition) is 1. The topological polar surface area (TPSA) is 55.1 Å². The summed E-state index contributed by atoms with van der Waals surface area (Å²) in [7, 11) is 0. The van der Waals surface area contributed by atoms with Crippen molar-refractivity contribution >= 4 is 5.97 Å². The largest absolute Gasteiger partial charge is 0.478 e. The molecule has 0 atom stereocenters. The van der Waals surface area contributed by atoms with E-state index >= 15 is 0 Å². The van der Waals surface area contributed by atoms with Crippen LogP contribution in [0.1, 0.15) is 28.7 Å². The minimum absolute atomic E-state index is 0.322. The molecule has 0 aliphatic carbocycles. The van der Waals surface area contributed by atoms with E-state index in [1.54, 1.807) is 12.1 Å². The van der Waals surface area contributed by atoms with Crippen molar-refractivity contribution in [2.75, 3.05) is 0 Å². The maximum Gasteiger partial charge on any atom is 0.336 e. The number of rotatable bonds is 5. The maximum absolute atomic E-state index is 11.3. The Bertz CT molecular complexity index is 819. The molecule has 0 aliphatic rings. The molecule has 1 aromatic heterocycles. The van der Waals surface area contributed by atoms with Gasteiger partial charge in [-0.15, -0.1) is 0 Å². The van der Waals surface area contributed by atoms with Gasteiger partial charge in [0.1, 0.15) is 5.82 Å². The molecule has 0 saturated carbocycles. The number of nitrogens with zero attached hydrogens (tertiary/aromatic N) is 2. The molecule has 4 heteroatoms. The summed E-state index contributed by atoms with van der Waals surface area (Å²) in [6, 6.07) is 15.1. The van der Waals surface area contributed by atoms with Gasteiger partial charge < -0.3 is 9.67 Å². The number of benzene rings is 2. The van der Waals surface area contributed by atoms with Crippen molar-refractivity contribution in [3.8, 4) is 11.1 Å². The minimum Gasteiger partial charge on any atom is -0.478 e. The van der Waals surface area contributed by atoms with Crippen LogP contribution in [0.25, 0.3) is 11.1 Å². The lowest BCUT2D eigenvalue weighted by atomic mass is 9.99. The summed E-state index contributed by atoms with van der Waals surface area (Å²) in [5.74, 6) is 0.154. The molecule has 116 valence electrons. The zero-order valence-corrected chi connectivity index (χ0v) is 12.9. The Morgan fingerprint density at radius 1 is 1.13 bits per heavy atom. The molecule has 2 aromatic carbocycles. The van der Waals surface area contributed by atoms with Crippen molar-refractivity contribution in [2.24, 2.45) is 0 Å². The molecule has 0 radical (unpaired) electrons. The second kappa shape index (κ2) is 6.48. The zero-order valence-electron chi connectivity index (χ0n) is 12.9. The van der Waals surface area contributed by atoms with Crippen LogP contribution in [0.3, 0.4) is 0 Å². The monoisotopic (exact) mass is 306 g/mol. The van der Waals surface area contributed by atoms with E-state index < -0.39 is 5.97 Å². The highest BCUT2D eigenvalue weighted by atomic mass is 16.4. The zero-order chi connectivity index (χ0) is 16.2. The lowest BCUT2D eigenvalue weighted by Crippen LogP contribution is -2.03. The molecular weight excluding hydrogens is 288 g/mol. The van der Waals surface area contributed by atoms with Crippen LogP contribution in [0.15, 0.2) is 60.9 Å². The smallest absolute Gasteiger partial charge is 0.336 e. The molecule has 3 rings (SSSR count). The van der Waals surface area contributed by atoms with Gasteiger partial charge in [0.25, 0.3) is 0 Å². The fourth-order valence-electron chi connectivity index (χ4n) is 2.71. The molecule has 3 aromatic rings. The maximum atomic E-state index is 11.3. The van der Waals surface area contributed by atoms with Gasteiger partial charge in [-0.2, -0.15) is 0 Å². The lowest BCUT2D eigenvalue weighted by molar-refractivity contribution is 0.0697. The first-order valence-electron chi connectivity index (χ1n) is 7.60. The summed E-state index contributed by atoms with van der Waals surface area (Å²) in [6.45, 7) is 2.86. The molecule has 4 nitrogen and oxygen atoms in total. The molecule has 0 aliphatic heterocycles. The molecular formula is C19H18N2O2. The summed E-state index contributed by atoms with van der Waals surface area (Å²) >= 11 is 0. The first-order valence-corrected chi connectivity index (χ1v) is 7.60.